The van der Waals surface area contributed by atoms with Crippen LogP contribution in [-0.4, -0.2) is 26.6 Å². The second kappa shape index (κ2) is 42.6. The minimum absolute atomic E-state index is 0. The van der Waals surface area contributed by atoms with Crippen LogP contribution in [0.1, 0.15) is 0 Å². The van der Waals surface area contributed by atoms with Crippen molar-refractivity contribution in [2.24, 2.45) is 0 Å². The van der Waals surface area contributed by atoms with Gasteiger partial charge in [0.05, 0.1) is 10.2 Å². The first-order valence-electron chi connectivity index (χ1n) is 1.10. The number of hydrogen-bond donors (Lipinski definition) is 0. The van der Waals surface area contributed by atoms with E-state index in [1.165, 1.54) is 0 Å². The summed E-state index contributed by atoms with van der Waals surface area (Å²) in [6.07, 6.45) is 0. The third kappa shape index (κ3) is 2120. The van der Waals surface area contributed by atoms with Gasteiger partial charge in [-0.05, 0) is 0 Å². The van der Waals surface area contributed by atoms with Gasteiger partial charge in [-0.2, -0.15) is 0 Å². The molecular weight excluding hydrogens is 299 g/mol. The van der Waals surface area contributed by atoms with Crippen LogP contribution in [0.3, 0.4) is 0 Å². The van der Waals surface area contributed by atoms with Gasteiger partial charge < -0.3 is 47.1 Å². The second-order valence-corrected chi connectivity index (χ2v) is 0.447. The van der Waals surface area contributed by atoms with E-state index in [1.54, 1.807) is 0 Å². The smallest absolute Gasteiger partial charge is 0.412 e. The second-order valence-electron chi connectivity index (χ2n) is 0.447. The van der Waals surface area contributed by atoms with Crippen molar-refractivity contribution in [1.82, 2.24) is 0 Å². The van der Waals surface area contributed by atoms with Gasteiger partial charge in [0.1, 0.15) is 0 Å². The summed E-state index contributed by atoms with van der Waals surface area (Å²) >= 11 is 0. The summed E-state index contributed by atoms with van der Waals surface area (Å²) in [5.41, 5.74) is 0. The van der Waals surface area contributed by atoms with Gasteiger partial charge in [-0.15, -0.1) is 0 Å². The van der Waals surface area contributed by atoms with Crippen LogP contribution in [0.5, 0.6) is 0 Å². The van der Waals surface area contributed by atoms with Crippen LogP contribution >= 0.6 is 0 Å². The summed E-state index contributed by atoms with van der Waals surface area (Å²) < 4.78 is 0. The average molecular weight is 305 g/mol. The number of hydrogen-bond acceptors (Lipinski definition) is 6. The number of rotatable bonds is 0. The Balaban J connectivity index is -0.00000000800. The van der Waals surface area contributed by atoms with E-state index in [-0.39, 0.29) is 50.6 Å². The summed E-state index contributed by atoms with van der Waals surface area (Å²) in [6, 6.07) is 0. The zero-order valence-corrected chi connectivity index (χ0v) is 7.33. The molecule has 0 aliphatic heterocycles. The molecular formula is H6Cu2N2O9+2. The van der Waals surface area contributed by atoms with Crippen molar-refractivity contribution in [2.75, 3.05) is 0 Å². The Morgan fingerprint density at radius 1 is 0.615 bits per heavy atom. The van der Waals surface area contributed by atoms with Crippen LogP contribution in [-0.2, 0) is 34.1 Å². The van der Waals surface area contributed by atoms with Crippen molar-refractivity contribution in [3.8, 4) is 0 Å². The van der Waals surface area contributed by atoms with Gasteiger partial charge in [-0.3, -0.25) is 0 Å². The first-order valence-corrected chi connectivity index (χ1v) is 1.10. The Kier molecular flexibility index (Phi) is 183. The van der Waals surface area contributed by atoms with Crippen molar-refractivity contribution in [3.63, 3.8) is 0 Å². The summed E-state index contributed by atoms with van der Waals surface area (Å²) in [4.78, 5) is 16.5. The molecule has 90 valence electrons. The summed E-state index contributed by atoms with van der Waals surface area (Å²) in [5.74, 6) is 0. The fourth-order valence-electron chi connectivity index (χ4n) is 0. The molecule has 0 saturated carbocycles. The van der Waals surface area contributed by atoms with E-state index in [9.17, 15) is 0 Å². The van der Waals surface area contributed by atoms with E-state index in [4.69, 9.17) is 30.6 Å². The van der Waals surface area contributed by atoms with Crippen LogP contribution in [0, 0.1) is 30.6 Å². The Morgan fingerprint density at radius 2 is 0.615 bits per heavy atom. The number of nitrogens with zero attached hydrogens (tertiary/aromatic N) is 2. The third-order valence-electron chi connectivity index (χ3n) is 0. The van der Waals surface area contributed by atoms with Crippen LogP contribution in [0.4, 0.5) is 0 Å². The molecule has 0 aromatic heterocycles. The fourth-order valence-corrected chi connectivity index (χ4v) is 0. The molecule has 13 heteroatoms. The minimum Gasteiger partial charge on any atom is -0.412 e. The first kappa shape index (κ1) is 55.8. The van der Waals surface area contributed by atoms with E-state index < -0.39 is 10.2 Å². The van der Waals surface area contributed by atoms with Crippen LogP contribution in [0.15, 0.2) is 0 Å². The van der Waals surface area contributed by atoms with E-state index in [0.717, 1.165) is 0 Å². The molecule has 0 amide bonds. The van der Waals surface area contributed by atoms with Gasteiger partial charge in [0.2, 0.25) is 0 Å². The Bertz CT molecular complexity index is 73.6. The normalized spacial score (nSPS) is 3.69. The molecule has 0 aromatic carbocycles. The zero-order valence-electron chi connectivity index (χ0n) is 5.45. The van der Waals surface area contributed by atoms with Crippen molar-refractivity contribution >= 4 is 0 Å². The topological polar surface area (TPSA) is 227 Å². The maximum atomic E-state index is 8.25. The van der Waals surface area contributed by atoms with Crippen molar-refractivity contribution in [1.29, 1.82) is 0 Å². The predicted molar refractivity (Wildman–Crippen MR) is 31.6 cm³/mol. The largest absolute Gasteiger partial charge is 2.00 e. The molecule has 2 radical (unpaired) electrons. The van der Waals surface area contributed by atoms with Crippen LogP contribution in [0.2, 0.25) is 0 Å². The molecule has 0 bridgehead atoms. The van der Waals surface area contributed by atoms with Crippen LogP contribution < -0.4 is 0 Å². The molecule has 0 rings (SSSR count). The molecule has 13 heavy (non-hydrogen) atoms. The summed E-state index contributed by atoms with van der Waals surface area (Å²) in [6.45, 7) is 0. The van der Waals surface area contributed by atoms with E-state index in [2.05, 4.69) is 0 Å². The zero-order chi connectivity index (χ0) is 7.15. The molecule has 0 aromatic rings. The Labute approximate surface area is 91.8 Å². The molecule has 6 N–H and O–H groups in total. The quantitative estimate of drug-likeness (QED) is 0.257. The third-order valence-corrected chi connectivity index (χ3v) is 0. The SMILES string of the molecule is O.O.O.O=[N+]([O-])[O-].O=[N+]([O-])[O-].[Cu+2].[Cu+2]. The standard InChI is InChI=1S/2Cu.2NO3.3H2O/c;;2*2-1(3)4;;;/h;;;;3*1H2/q2*+2;2*-1;;;. The minimum atomic E-state index is -1.75. The predicted octanol–water partition coefficient (Wildman–Crippen LogP) is -2.96. The Morgan fingerprint density at radius 3 is 0.615 bits per heavy atom. The van der Waals surface area contributed by atoms with E-state index in [1.807, 2.05) is 0 Å². The molecule has 0 saturated heterocycles. The first-order chi connectivity index (χ1) is 3.46. The van der Waals surface area contributed by atoms with Gasteiger partial charge >= 0.3 is 34.1 Å². The Hall–Kier alpha value is -0.681. The van der Waals surface area contributed by atoms with Gasteiger partial charge in [0.25, 0.3) is 0 Å². The van der Waals surface area contributed by atoms with Crippen molar-refractivity contribution in [2.45, 2.75) is 0 Å². The maximum Gasteiger partial charge on any atom is 2.00 e. The molecule has 0 spiro atoms. The van der Waals surface area contributed by atoms with Gasteiger partial charge in [0, 0.05) is 0 Å². The molecule has 0 aliphatic rings. The fraction of sp³-hybridized carbons (Fsp3) is 0. The van der Waals surface area contributed by atoms with Gasteiger partial charge in [-0.1, -0.05) is 0 Å². The van der Waals surface area contributed by atoms with Gasteiger partial charge in [-0.25, -0.2) is 0 Å². The maximum absolute atomic E-state index is 8.25. The van der Waals surface area contributed by atoms with Crippen molar-refractivity contribution < 1.29 is 60.7 Å². The molecule has 0 atom stereocenters. The molecule has 0 unspecified atom stereocenters. The average Bonchev–Trinajstić information content (AvgIpc) is 1.25. The molecule has 0 heterocycles. The monoisotopic (exact) mass is 304 g/mol. The summed E-state index contributed by atoms with van der Waals surface area (Å²) in [5, 5.41) is 29.5. The molecule has 0 fully saturated rings. The molecule has 11 nitrogen and oxygen atoms in total. The van der Waals surface area contributed by atoms with Crippen LogP contribution in [0.25, 0.3) is 0 Å². The molecule has 0 aliphatic carbocycles. The van der Waals surface area contributed by atoms with E-state index >= 15 is 0 Å². The van der Waals surface area contributed by atoms with Gasteiger partial charge in [0.15, 0.2) is 0 Å². The van der Waals surface area contributed by atoms with E-state index in [0.29, 0.717) is 0 Å². The van der Waals surface area contributed by atoms with Crippen molar-refractivity contribution in [3.05, 3.63) is 30.6 Å². The summed E-state index contributed by atoms with van der Waals surface area (Å²) in [7, 11) is 0.